The Morgan fingerprint density at radius 3 is 2.62 bits per heavy atom. The third-order valence-corrected chi connectivity index (χ3v) is 3.80. The van der Waals surface area contributed by atoms with Crippen molar-refractivity contribution in [3.8, 4) is 11.8 Å². The molecule has 21 heavy (non-hydrogen) atoms. The van der Waals surface area contributed by atoms with Crippen molar-refractivity contribution in [3.05, 3.63) is 35.4 Å². The topological polar surface area (TPSA) is 21.3 Å². The quantitative estimate of drug-likeness (QED) is 0.654. The number of rotatable bonds is 5. The van der Waals surface area contributed by atoms with Crippen LogP contribution >= 0.6 is 0 Å². The molecule has 1 fully saturated rings. The van der Waals surface area contributed by atoms with Gasteiger partial charge in [-0.15, -0.1) is 0 Å². The maximum Gasteiger partial charge on any atom is 0.113 e. The van der Waals surface area contributed by atoms with Gasteiger partial charge in [0.15, 0.2) is 0 Å². The maximum absolute atomic E-state index is 5.64. The van der Waals surface area contributed by atoms with Gasteiger partial charge in [0.05, 0.1) is 6.61 Å². The fraction of sp³-hybridized carbons (Fsp3) is 0.579. The van der Waals surface area contributed by atoms with Crippen molar-refractivity contribution < 1.29 is 4.74 Å². The molecule has 114 valence electrons. The number of hydrogen-bond donors (Lipinski definition) is 1. The maximum atomic E-state index is 5.64. The van der Waals surface area contributed by atoms with Crippen molar-refractivity contribution in [2.24, 2.45) is 0 Å². The highest BCUT2D eigenvalue weighted by atomic mass is 16.5. The highest BCUT2D eigenvalue weighted by Gasteiger charge is 2.29. The molecule has 2 heteroatoms. The first kappa shape index (κ1) is 16.1. The highest BCUT2D eigenvalue weighted by molar-refractivity contribution is 5.36. The zero-order valence-electron chi connectivity index (χ0n) is 13.5. The van der Waals surface area contributed by atoms with Crippen LogP contribution in [0.15, 0.2) is 24.3 Å². The zero-order valence-corrected chi connectivity index (χ0v) is 13.5. The van der Waals surface area contributed by atoms with Gasteiger partial charge < -0.3 is 4.74 Å². The fourth-order valence-corrected chi connectivity index (χ4v) is 2.60. The molecule has 0 unspecified atom stereocenters. The molecular formula is C19H27NO. The summed E-state index contributed by atoms with van der Waals surface area (Å²) < 4.78 is 5.64. The van der Waals surface area contributed by atoms with E-state index >= 15 is 0 Å². The van der Waals surface area contributed by atoms with Gasteiger partial charge in [0, 0.05) is 18.0 Å². The molecule has 1 aliphatic heterocycles. The van der Waals surface area contributed by atoms with Crippen LogP contribution < -0.4 is 5.32 Å². The molecule has 2 rings (SSSR count). The predicted octanol–water partition coefficient (Wildman–Crippen LogP) is 3.89. The number of ether oxygens (including phenoxy) is 1. The van der Waals surface area contributed by atoms with Gasteiger partial charge in [-0.25, -0.2) is 0 Å². The van der Waals surface area contributed by atoms with Gasteiger partial charge in [-0.05, 0) is 44.4 Å². The zero-order chi connectivity index (χ0) is 15.1. The molecule has 0 bridgehead atoms. The second-order valence-electron chi connectivity index (χ2n) is 6.32. The summed E-state index contributed by atoms with van der Waals surface area (Å²) in [5.74, 6) is 6.51. The third kappa shape index (κ3) is 5.53. The molecule has 0 spiro atoms. The fourth-order valence-electron chi connectivity index (χ4n) is 2.60. The van der Waals surface area contributed by atoms with Crippen molar-refractivity contribution >= 4 is 0 Å². The molecule has 1 heterocycles. The Kier molecular flexibility index (Phi) is 5.85. The van der Waals surface area contributed by atoms with Crippen LogP contribution in [0.2, 0.25) is 0 Å². The van der Waals surface area contributed by atoms with Crippen LogP contribution in [0, 0.1) is 11.8 Å². The smallest absolute Gasteiger partial charge is 0.113 e. The van der Waals surface area contributed by atoms with E-state index in [4.69, 9.17) is 4.74 Å². The summed E-state index contributed by atoms with van der Waals surface area (Å²) >= 11 is 0. The second-order valence-corrected chi connectivity index (χ2v) is 6.32. The molecule has 1 aromatic carbocycles. The Balaban J connectivity index is 1.80. The Morgan fingerprint density at radius 2 is 2.00 bits per heavy atom. The lowest BCUT2D eigenvalue weighted by Crippen LogP contribution is -2.38. The molecule has 0 saturated carbocycles. The van der Waals surface area contributed by atoms with E-state index in [9.17, 15) is 0 Å². The third-order valence-electron chi connectivity index (χ3n) is 3.80. The van der Waals surface area contributed by atoms with Crippen LogP contribution in [0.3, 0.4) is 0 Å². The number of unbranched alkanes of at least 4 members (excludes halogenated alkanes) is 2. The monoisotopic (exact) mass is 285 g/mol. The van der Waals surface area contributed by atoms with Gasteiger partial charge >= 0.3 is 0 Å². The average Bonchev–Trinajstić information content (AvgIpc) is 2.80. The van der Waals surface area contributed by atoms with E-state index < -0.39 is 0 Å². The summed E-state index contributed by atoms with van der Waals surface area (Å²) in [5, 5.41) is 3.43. The van der Waals surface area contributed by atoms with E-state index in [1.165, 1.54) is 31.2 Å². The lowest BCUT2D eigenvalue weighted by Gasteiger charge is -2.17. The Bertz CT molecular complexity index is 493. The Morgan fingerprint density at radius 1 is 1.24 bits per heavy atom. The molecule has 0 amide bonds. The summed E-state index contributed by atoms with van der Waals surface area (Å²) in [5.41, 5.74) is 2.32. The number of nitrogens with one attached hydrogen (secondary N) is 1. The summed E-state index contributed by atoms with van der Waals surface area (Å²) in [4.78, 5) is 0. The van der Waals surface area contributed by atoms with Crippen LogP contribution in [0.25, 0.3) is 0 Å². The van der Waals surface area contributed by atoms with Crippen molar-refractivity contribution in [2.75, 3.05) is 6.61 Å². The lowest BCUT2D eigenvalue weighted by atomic mass is 10.1. The van der Waals surface area contributed by atoms with Crippen LogP contribution in [0.5, 0.6) is 0 Å². The van der Waals surface area contributed by atoms with E-state index in [1.807, 2.05) is 0 Å². The van der Waals surface area contributed by atoms with Crippen LogP contribution in [-0.4, -0.2) is 18.4 Å². The van der Waals surface area contributed by atoms with E-state index in [0.29, 0.717) is 6.04 Å². The van der Waals surface area contributed by atoms with Crippen molar-refractivity contribution in [1.82, 2.24) is 5.32 Å². The first-order valence-electron chi connectivity index (χ1n) is 8.08. The normalized spacial score (nSPS) is 20.0. The first-order valence-corrected chi connectivity index (χ1v) is 8.08. The largest absolute Gasteiger partial charge is 0.360 e. The number of hydrogen-bond acceptors (Lipinski definition) is 2. The summed E-state index contributed by atoms with van der Waals surface area (Å²) in [7, 11) is 0. The average molecular weight is 285 g/mol. The second kappa shape index (κ2) is 7.64. The van der Waals surface area contributed by atoms with Crippen molar-refractivity contribution in [3.63, 3.8) is 0 Å². The van der Waals surface area contributed by atoms with E-state index in [2.05, 4.69) is 62.2 Å². The highest BCUT2D eigenvalue weighted by Crippen LogP contribution is 2.15. The Hall–Kier alpha value is -1.30. The van der Waals surface area contributed by atoms with E-state index in [1.54, 1.807) is 0 Å². The Labute approximate surface area is 129 Å². The van der Waals surface area contributed by atoms with Gasteiger partial charge in [0.25, 0.3) is 0 Å². The molecule has 1 N–H and O–H groups in total. The van der Waals surface area contributed by atoms with Gasteiger partial charge in [-0.3, -0.25) is 5.32 Å². The molecule has 0 radical (unpaired) electrons. The van der Waals surface area contributed by atoms with Gasteiger partial charge in [0.1, 0.15) is 5.72 Å². The first-order chi connectivity index (χ1) is 10.1. The lowest BCUT2D eigenvalue weighted by molar-refractivity contribution is 0.0231. The SMILES string of the molecule is CCCCCc1ccc(C#CC[C@H]2COC(C)(C)N2)cc1. The molecule has 0 aliphatic carbocycles. The van der Waals surface area contributed by atoms with E-state index in [-0.39, 0.29) is 5.72 Å². The molecule has 2 nitrogen and oxygen atoms in total. The molecule has 1 aliphatic rings. The molecule has 1 atom stereocenters. The molecule has 0 aromatic heterocycles. The van der Waals surface area contributed by atoms with Crippen LogP contribution in [0.4, 0.5) is 0 Å². The molecule has 1 aromatic rings. The molecule has 1 saturated heterocycles. The van der Waals surface area contributed by atoms with Crippen molar-refractivity contribution in [2.45, 2.75) is 64.6 Å². The molecular weight excluding hydrogens is 258 g/mol. The van der Waals surface area contributed by atoms with Crippen molar-refractivity contribution in [1.29, 1.82) is 0 Å². The summed E-state index contributed by atoms with van der Waals surface area (Å²) in [6.07, 6.45) is 5.89. The number of benzene rings is 1. The number of aryl methyl sites for hydroxylation is 1. The van der Waals surface area contributed by atoms with Gasteiger partial charge in [0.2, 0.25) is 0 Å². The predicted molar refractivity (Wildman–Crippen MR) is 88.1 cm³/mol. The summed E-state index contributed by atoms with van der Waals surface area (Å²) in [6, 6.07) is 9.04. The van der Waals surface area contributed by atoms with Crippen LogP contribution in [-0.2, 0) is 11.2 Å². The minimum Gasteiger partial charge on any atom is -0.360 e. The minimum atomic E-state index is -0.202. The minimum absolute atomic E-state index is 0.202. The van der Waals surface area contributed by atoms with Gasteiger partial charge in [-0.1, -0.05) is 43.7 Å². The van der Waals surface area contributed by atoms with Gasteiger partial charge in [-0.2, -0.15) is 0 Å². The standard InChI is InChI=1S/C19H27NO/c1-4-5-6-8-16-11-13-17(14-12-16)9-7-10-18-15-21-19(2,3)20-18/h11-14,18,20H,4-6,8,10,15H2,1-3H3/t18-/m0/s1. The van der Waals surface area contributed by atoms with E-state index in [0.717, 1.165) is 18.6 Å². The van der Waals surface area contributed by atoms with Crippen LogP contribution in [0.1, 0.15) is 57.6 Å². The summed E-state index contributed by atoms with van der Waals surface area (Å²) in [6.45, 7) is 7.09.